The third-order valence-corrected chi connectivity index (χ3v) is 4.27. The maximum atomic E-state index is 12.8. The third-order valence-electron chi connectivity index (χ3n) is 4.02. The van der Waals surface area contributed by atoms with Crippen molar-refractivity contribution in [3.8, 4) is 0 Å². The first-order chi connectivity index (χ1) is 12.3. The number of halogens is 4. The van der Waals surface area contributed by atoms with Gasteiger partial charge in [0.25, 0.3) is 0 Å². The van der Waals surface area contributed by atoms with E-state index < -0.39 is 11.9 Å². The van der Waals surface area contributed by atoms with Crippen LogP contribution in [0, 0.1) is 0 Å². The van der Waals surface area contributed by atoms with Crippen molar-refractivity contribution < 1.29 is 13.2 Å². The lowest BCUT2D eigenvalue weighted by atomic mass is 9.98. The number of rotatable bonds is 5. The Labute approximate surface area is 153 Å². The Kier molecular flexibility index (Phi) is 5.29. The quantitative estimate of drug-likeness (QED) is 0.660. The number of hydrogen-bond donors (Lipinski definition) is 2. The van der Waals surface area contributed by atoms with Crippen molar-refractivity contribution in [3.63, 3.8) is 0 Å². The summed E-state index contributed by atoms with van der Waals surface area (Å²) in [5.41, 5.74) is 1.43. The van der Waals surface area contributed by atoms with Gasteiger partial charge in [-0.15, -0.1) is 0 Å². The van der Waals surface area contributed by atoms with E-state index in [-0.39, 0.29) is 12.1 Å². The highest BCUT2D eigenvalue weighted by Crippen LogP contribution is 2.30. The number of pyridine rings is 1. The van der Waals surface area contributed by atoms with Gasteiger partial charge in [0.05, 0.1) is 11.7 Å². The van der Waals surface area contributed by atoms with Crippen LogP contribution in [0.3, 0.4) is 0 Å². The summed E-state index contributed by atoms with van der Waals surface area (Å²) in [6, 6.07) is 10.9. The summed E-state index contributed by atoms with van der Waals surface area (Å²) in [6.45, 7) is 1.94. The van der Waals surface area contributed by atoms with Crippen molar-refractivity contribution in [2.45, 2.75) is 25.2 Å². The number of nitrogens with one attached hydrogen (secondary N) is 2. The maximum absolute atomic E-state index is 12.8. The van der Waals surface area contributed by atoms with Gasteiger partial charge in [-0.1, -0.05) is 29.8 Å². The highest BCUT2D eigenvalue weighted by Gasteiger charge is 2.32. The molecule has 0 spiro atoms. The molecule has 2 unspecified atom stereocenters. The van der Waals surface area contributed by atoms with Crippen LogP contribution in [-0.4, -0.2) is 15.2 Å². The lowest BCUT2D eigenvalue weighted by Crippen LogP contribution is -2.26. The van der Waals surface area contributed by atoms with E-state index >= 15 is 0 Å². The highest BCUT2D eigenvalue weighted by atomic mass is 35.5. The molecule has 3 aromatic rings. The Morgan fingerprint density at radius 3 is 2.27 bits per heavy atom. The van der Waals surface area contributed by atoms with Gasteiger partial charge in [-0.25, -0.2) is 0 Å². The van der Waals surface area contributed by atoms with E-state index in [2.05, 4.69) is 20.5 Å². The molecular weight excluding hydrogens is 365 g/mol. The molecule has 0 amide bonds. The molecule has 2 N–H and O–H groups in total. The van der Waals surface area contributed by atoms with Gasteiger partial charge in [0.1, 0.15) is 5.69 Å². The zero-order valence-electron chi connectivity index (χ0n) is 13.8. The zero-order valence-corrected chi connectivity index (χ0v) is 14.5. The topological polar surface area (TPSA) is 53.6 Å². The lowest BCUT2D eigenvalue weighted by Gasteiger charge is -2.24. The molecule has 0 fully saturated rings. The van der Waals surface area contributed by atoms with Gasteiger partial charge >= 0.3 is 6.18 Å². The SMILES string of the molecule is CC(NC(c1ccc(Cl)cc1)c1ccc(C(F)(F)F)nc1)c1ccn[nH]1. The molecule has 8 heteroatoms. The number of aromatic amines is 1. The molecule has 2 aromatic heterocycles. The normalized spacial score (nSPS) is 14.2. The molecule has 0 bridgehead atoms. The molecule has 0 saturated carbocycles. The second-order valence-electron chi connectivity index (χ2n) is 5.86. The third kappa shape index (κ3) is 4.23. The summed E-state index contributed by atoms with van der Waals surface area (Å²) in [6.07, 6.45) is -1.58. The van der Waals surface area contributed by atoms with E-state index in [0.717, 1.165) is 17.3 Å². The molecule has 0 aliphatic carbocycles. The average molecular weight is 381 g/mol. The number of aromatic nitrogens is 3. The van der Waals surface area contributed by atoms with Crippen LogP contribution in [0.5, 0.6) is 0 Å². The highest BCUT2D eigenvalue weighted by molar-refractivity contribution is 6.30. The predicted molar refractivity (Wildman–Crippen MR) is 92.7 cm³/mol. The molecular formula is C18H16ClF3N4. The molecule has 4 nitrogen and oxygen atoms in total. The molecule has 3 rings (SSSR count). The molecule has 26 heavy (non-hydrogen) atoms. The Morgan fingerprint density at radius 2 is 1.73 bits per heavy atom. The Bertz CT molecular complexity index is 830. The van der Waals surface area contributed by atoms with Crippen LogP contribution in [0.15, 0.2) is 54.9 Å². The van der Waals surface area contributed by atoms with Crippen LogP contribution in [0.2, 0.25) is 5.02 Å². The van der Waals surface area contributed by atoms with E-state index in [1.54, 1.807) is 18.3 Å². The van der Waals surface area contributed by atoms with E-state index in [4.69, 9.17) is 11.6 Å². The van der Waals surface area contributed by atoms with Gasteiger partial charge in [0.2, 0.25) is 0 Å². The first-order valence-corrected chi connectivity index (χ1v) is 8.26. The van der Waals surface area contributed by atoms with E-state index in [1.807, 2.05) is 25.1 Å². The molecule has 2 atom stereocenters. The van der Waals surface area contributed by atoms with Gasteiger partial charge in [-0.3, -0.25) is 15.4 Å². The zero-order chi connectivity index (χ0) is 18.7. The fourth-order valence-electron chi connectivity index (χ4n) is 2.63. The minimum Gasteiger partial charge on any atom is -0.298 e. The molecule has 2 heterocycles. The number of nitrogens with zero attached hydrogens (tertiary/aromatic N) is 2. The smallest absolute Gasteiger partial charge is 0.298 e. The van der Waals surface area contributed by atoms with Crippen molar-refractivity contribution in [1.82, 2.24) is 20.5 Å². The van der Waals surface area contributed by atoms with Crippen molar-refractivity contribution in [3.05, 3.63) is 82.4 Å². The van der Waals surface area contributed by atoms with Crippen LogP contribution >= 0.6 is 11.6 Å². The molecule has 136 valence electrons. The van der Waals surface area contributed by atoms with Crippen LogP contribution in [0.25, 0.3) is 0 Å². The fourth-order valence-corrected chi connectivity index (χ4v) is 2.76. The Hall–Kier alpha value is -2.38. The van der Waals surface area contributed by atoms with Crippen LogP contribution in [-0.2, 0) is 6.18 Å². The summed E-state index contributed by atoms with van der Waals surface area (Å²) in [5.74, 6) is 0. The van der Waals surface area contributed by atoms with Crippen molar-refractivity contribution in [2.24, 2.45) is 0 Å². The fraction of sp³-hybridized carbons (Fsp3) is 0.222. The number of benzene rings is 1. The molecule has 0 aliphatic rings. The van der Waals surface area contributed by atoms with Crippen LogP contribution in [0.4, 0.5) is 13.2 Å². The lowest BCUT2D eigenvalue weighted by molar-refractivity contribution is -0.141. The number of alkyl halides is 3. The van der Waals surface area contributed by atoms with Gasteiger partial charge < -0.3 is 0 Å². The Balaban J connectivity index is 1.93. The second kappa shape index (κ2) is 7.47. The van der Waals surface area contributed by atoms with Gasteiger partial charge in [-0.05, 0) is 42.3 Å². The van der Waals surface area contributed by atoms with Gasteiger partial charge in [-0.2, -0.15) is 18.3 Å². The van der Waals surface area contributed by atoms with Gasteiger partial charge in [0.15, 0.2) is 0 Å². The summed E-state index contributed by atoms with van der Waals surface area (Å²) in [5, 5.41) is 10.8. The molecule has 0 saturated heterocycles. The molecule has 1 aromatic carbocycles. The van der Waals surface area contributed by atoms with E-state index in [0.29, 0.717) is 10.6 Å². The average Bonchev–Trinajstić information content (AvgIpc) is 3.15. The van der Waals surface area contributed by atoms with Crippen LogP contribution in [0.1, 0.15) is 41.5 Å². The first-order valence-electron chi connectivity index (χ1n) is 7.88. The van der Waals surface area contributed by atoms with Gasteiger partial charge in [0, 0.05) is 23.5 Å². The minimum absolute atomic E-state index is 0.111. The first kappa shape index (κ1) is 18.4. The largest absolute Gasteiger partial charge is 0.433 e. The van der Waals surface area contributed by atoms with E-state index in [1.165, 1.54) is 12.3 Å². The molecule has 0 aliphatic heterocycles. The predicted octanol–water partition coefficient (Wildman–Crippen LogP) is 4.92. The maximum Gasteiger partial charge on any atom is 0.433 e. The standard InChI is InChI=1S/C18H16ClF3N4/c1-11(15-8-9-24-26-15)25-17(12-2-5-14(19)6-3-12)13-4-7-16(23-10-13)18(20,21)22/h2-11,17,25H,1H3,(H,24,26). The monoisotopic (exact) mass is 380 g/mol. The second-order valence-corrected chi connectivity index (χ2v) is 6.30. The number of H-pyrrole nitrogens is 1. The van der Waals surface area contributed by atoms with E-state index in [9.17, 15) is 13.2 Å². The van der Waals surface area contributed by atoms with Crippen molar-refractivity contribution >= 4 is 11.6 Å². The summed E-state index contributed by atoms with van der Waals surface area (Å²) in [4.78, 5) is 3.57. The summed E-state index contributed by atoms with van der Waals surface area (Å²) < 4.78 is 38.3. The summed E-state index contributed by atoms with van der Waals surface area (Å²) >= 11 is 5.95. The molecule has 0 radical (unpaired) electrons. The minimum atomic E-state index is -4.47. The number of hydrogen-bond acceptors (Lipinski definition) is 3. The Morgan fingerprint density at radius 1 is 1.04 bits per heavy atom. The van der Waals surface area contributed by atoms with Crippen LogP contribution < -0.4 is 5.32 Å². The van der Waals surface area contributed by atoms with Crippen molar-refractivity contribution in [1.29, 1.82) is 0 Å². The summed E-state index contributed by atoms with van der Waals surface area (Å²) in [7, 11) is 0. The van der Waals surface area contributed by atoms with Crippen molar-refractivity contribution in [2.75, 3.05) is 0 Å².